The Hall–Kier alpha value is -3.48. The van der Waals surface area contributed by atoms with Gasteiger partial charge in [-0.15, -0.1) is 0 Å². The van der Waals surface area contributed by atoms with Crippen molar-refractivity contribution < 1.29 is 9.53 Å². The highest BCUT2D eigenvalue weighted by atomic mass is 16.5. The normalized spacial score (nSPS) is 10.4. The Morgan fingerprint density at radius 1 is 1.07 bits per heavy atom. The van der Waals surface area contributed by atoms with Gasteiger partial charge in [0.05, 0.1) is 12.8 Å². The molecular weight excluding hydrogens is 344 g/mol. The van der Waals surface area contributed by atoms with Crippen molar-refractivity contribution in [3.05, 3.63) is 76.8 Å². The third-order valence-electron chi connectivity index (χ3n) is 4.03. The summed E-state index contributed by atoms with van der Waals surface area (Å²) < 4.78 is 6.31. The fourth-order valence-corrected chi connectivity index (χ4v) is 2.57. The first-order valence-corrected chi connectivity index (χ1v) is 8.54. The lowest BCUT2D eigenvalue weighted by atomic mass is 10.1. The van der Waals surface area contributed by atoms with E-state index < -0.39 is 0 Å². The quantitative estimate of drug-likeness (QED) is 0.689. The van der Waals surface area contributed by atoms with E-state index in [0.717, 1.165) is 16.9 Å². The van der Waals surface area contributed by atoms with E-state index in [1.165, 1.54) is 10.7 Å². The van der Waals surface area contributed by atoms with Crippen LogP contribution in [0.5, 0.6) is 5.75 Å². The van der Waals surface area contributed by atoms with E-state index in [0.29, 0.717) is 18.7 Å². The predicted octanol–water partition coefficient (Wildman–Crippen LogP) is 1.67. The Balaban J connectivity index is 1.63. The van der Waals surface area contributed by atoms with Crippen LogP contribution in [0.3, 0.4) is 0 Å². The summed E-state index contributed by atoms with van der Waals surface area (Å²) in [4.78, 5) is 28.1. The molecule has 0 aliphatic rings. The number of aromatic nitrogens is 3. The van der Waals surface area contributed by atoms with Crippen LogP contribution >= 0.6 is 0 Å². The Morgan fingerprint density at radius 2 is 1.81 bits per heavy atom. The number of carbonyl (C=O) groups is 1. The third kappa shape index (κ3) is 5.01. The number of amides is 1. The standard InChI is InChI=1S/C20H20N4O3/c1-27-17-4-2-16(3-5-17)18-6-7-20(26)24(23-18)14-19(25)22-13-10-15-8-11-21-12-9-15/h2-9,11-12H,10,13-14H2,1H3,(H,22,25). The molecule has 7 nitrogen and oxygen atoms in total. The highest BCUT2D eigenvalue weighted by Crippen LogP contribution is 2.19. The van der Waals surface area contributed by atoms with Crippen LogP contribution in [-0.4, -0.2) is 34.3 Å². The molecule has 1 aromatic carbocycles. The van der Waals surface area contributed by atoms with Crippen molar-refractivity contribution in [2.75, 3.05) is 13.7 Å². The lowest BCUT2D eigenvalue weighted by Crippen LogP contribution is -2.34. The van der Waals surface area contributed by atoms with Crippen LogP contribution < -0.4 is 15.6 Å². The minimum atomic E-state index is -0.323. The van der Waals surface area contributed by atoms with Crippen molar-refractivity contribution >= 4 is 5.91 Å². The Bertz CT molecular complexity index is 953. The number of nitrogens with one attached hydrogen (secondary N) is 1. The van der Waals surface area contributed by atoms with Gasteiger partial charge in [-0.05, 0) is 54.4 Å². The fraction of sp³-hybridized carbons (Fsp3) is 0.200. The van der Waals surface area contributed by atoms with Crippen LogP contribution in [0.15, 0.2) is 65.7 Å². The smallest absolute Gasteiger partial charge is 0.267 e. The first-order valence-electron chi connectivity index (χ1n) is 8.54. The van der Waals surface area contributed by atoms with E-state index in [1.54, 1.807) is 25.6 Å². The van der Waals surface area contributed by atoms with Gasteiger partial charge in [-0.25, -0.2) is 4.68 Å². The van der Waals surface area contributed by atoms with Crippen molar-refractivity contribution in [3.8, 4) is 17.0 Å². The highest BCUT2D eigenvalue weighted by Gasteiger charge is 2.08. The Labute approximate surface area is 156 Å². The number of nitrogens with zero attached hydrogens (tertiary/aromatic N) is 3. The molecule has 0 bridgehead atoms. The maximum atomic E-state index is 12.1. The number of methoxy groups -OCH3 is 1. The molecule has 0 aliphatic carbocycles. The third-order valence-corrected chi connectivity index (χ3v) is 4.03. The minimum Gasteiger partial charge on any atom is -0.497 e. The van der Waals surface area contributed by atoms with Gasteiger partial charge in [-0.1, -0.05) is 0 Å². The van der Waals surface area contributed by atoms with Gasteiger partial charge in [0.25, 0.3) is 5.56 Å². The first kappa shape index (κ1) is 18.3. The van der Waals surface area contributed by atoms with Gasteiger partial charge in [0, 0.05) is 30.6 Å². The molecule has 0 radical (unpaired) electrons. The molecule has 27 heavy (non-hydrogen) atoms. The second-order valence-electron chi connectivity index (χ2n) is 5.90. The summed E-state index contributed by atoms with van der Waals surface area (Å²) in [7, 11) is 1.60. The monoisotopic (exact) mass is 364 g/mol. The van der Waals surface area contributed by atoms with Crippen LogP contribution in [-0.2, 0) is 17.8 Å². The predicted molar refractivity (Wildman–Crippen MR) is 101 cm³/mol. The molecular formula is C20H20N4O3. The average molecular weight is 364 g/mol. The molecule has 0 fully saturated rings. The van der Waals surface area contributed by atoms with Gasteiger partial charge >= 0.3 is 0 Å². The Kier molecular flexibility index (Phi) is 5.94. The zero-order valence-electron chi connectivity index (χ0n) is 15.0. The molecule has 138 valence electrons. The summed E-state index contributed by atoms with van der Waals surface area (Å²) in [5.41, 5.74) is 2.21. The van der Waals surface area contributed by atoms with E-state index >= 15 is 0 Å². The molecule has 0 atom stereocenters. The summed E-state index contributed by atoms with van der Waals surface area (Å²) >= 11 is 0. The van der Waals surface area contributed by atoms with E-state index in [-0.39, 0.29) is 18.0 Å². The lowest BCUT2D eigenvalue weighted by Gasteiger charge is -2.09. The van der Waals surface area contributed by atoms with Gasteiger partial charge < -0.3 is 10.1 Å². The van der Waals surface area contributed by atoms with Gasteiger partial charge in [0.2, 0.25) is 5.91 Å². The zero-order valence-corrected chi connectivity index (χ0v) is 15.0. The second-order valence-corrected chi connectivity index (χ2v) is 5.90. The van der Waals surface area contributed by atoms with E-state index in [4.69, 9.17) is 4.74 Å². The van der Waals surface area contributed by atoms with Gasteiger partial charge in [-0.3, -0.25) is 14.6 Å². The molecule has 2 heterocycles. The Morgan fingerprint density at radius 3 is 2.52 bits per heavy atom. The second kappa shape index (κ2) is 8.75. The fourth-order valence-electron chi connectivity index (χ4n) is 2.57. The molecule has 3 aromatic rings. The number of carbonyl (C=O) groups excluding carboxylic acids is 1. The summed E-state index contributed by atoms with van der Waals surface area (Å²) in [5.74, 6) is 0.478. The molecule has 3 rings (SSSR count). The van der Waals surface area contributed by atoms with Crippen molar-refractivity contribution in [1.29, 1.82) is 0 Å². The number of ether oxygens (including phenoxy) is 1. The van der Waals surface area contributed by atoms with Crippen LogP contribution in [0.2, 0.25) is 0 Å². The number of pyridine rings is 1. The van der Waals surface area contributed by atoms with Crippen LogP contribution in [0, 0.1) is 0 Å². The maximum absolute atomic E-state index is 12.1. The zero-order chi connectivity index (χ0) is 19.1. The maximum Gasteiger partial charge on any atom is 0.267 e. The minimum absolute atomic E-state index is 0.126. The number of hydrogen-bond donors (Lipinski definition) is 1. The summed E-state index contributed by atoms with van der Waals surface area (Å²) in [5, 5.41) is 7.10. The van der Waals surface area contributed by atoms with E-state index in [2.05, 4.69) is 15.4 Å². The van der Waals surface area contributed by atoms with Crippen LogP contribution in [0.4, 0.5) is 0 Å². The van der Waals surface area contributed by atoms with E-state index in [1.807, 2.05) is 36.4 Å². The molecule has 0 saturated heterocycles. The number of benzene rings is 1. The summed E-state index contributed by atoms with van der Waals surface area (Å²) in [6.07, 6.45) is 4.12. The van der Waals surface area contributed by atoms with Crippen LogP contribution in [0.25, 0.3) is 11.3 Å². The van der Waals surface area contributed by atoms with Gasteiger partial charge in [0.15, 0.2) is 0 Å². The molecule has 0 spiro atoms. The van der Waals surface area contributed by atoms with Crippen molar-refractivity contribution in [2.45, 2.75) is 13.0 Å². The van der Waals surface area contributed by atoms with Crippen molar-refractivity contribution in [2.24, 2.45) is 0 Å². The van der Waals surface area contributed by atoms with Crippen molar-refractivity contribution in [3.63, 3.8) is 0 Å². The van der Waals surface area contributed by atoms with Crippen molar-refractivity contribution in [1.82, 2.24) is 20.1 Å². The lowest BCUT2D eigenvalue weighted by molar-refractivity contribution is -0.121. The average Bonchev–Trinajstić information content (AvgIpc) is 2.70. The van der Waals surface area contributed by atoms with Crippen LogP contribution in [0.1, 0.15) is 5.56 Å². The molecule has 1 N–H and O–H groups in total. The largest absolute Gasteiger partial charge is 0.497 e. The van der Waals surface area contributed by atoms with Gasteiger partial charge in [-0.2, -0.15) is 5.10 Å². The molecule has 2 aromatic heterocycles. The van der Waals surface area contributed by atoms with Gasteiger partial charge in [0.1, 0.15) is 12.3 Å². The molecule has 0 saturated carbocycles. The summed E-state index contributed by atoms with van der Waals surface area (Å²) in [6.45, 7) is 0.356. The molecule has 0 aliphatic heterocycles. The molecule has 1 amide bonds. The summed E-state index contributed by atoms with van der Waals surface area (Å²) in [6, 6.07) is 14.2. The SMILES string of the molecule is COc1ccc(-c2ccc(=O)n(CC(=O)NCCc3ccncc3)n2)cc1. The molecule has 7 heteroatoms. The highest BCUT2D eigenvalue weighted by molar-refractivity contribution is 5.75. The number of rotatable bonds is 7. The topological polar surface area (TPSA) is 86.1 Å². The molecule has 0 unspecified atom stereocenters. The first-order chi connectivity index (χ1) is 13.2. The number of hydrogen-bond acceptors (Lipinski definition) is 5. The van der Waals surface area contributed by atoms with E-state index in [9.17, 15) is 9.59 Å².